The van der Waals surface area contributed by atoms with Crippen LogP contribution in [0.1, 0.15) is 37.7 Å². The molecule has 4 amide bonds. The Balaban J connectivity index is 1.34. The molecule has 9 heteroatoms. The average molecular weight is 459 g/mol. The van der Waals surface area contributed by atoms with Crippen LogP contribution in [0, 0.1) is 0 Å². The van der Waals surface area contributed by atoms with E-state index in [1.54, 1.807) is 31.1 Å². The first-order chi connectivity index (χ1) is 15.9. The van der Waals surface area contributed by atoms with E-state index < -0.39 is 5.54 Å². The van der Waals surface area contributed by atoms with E-state index in [0.29, 0.717) is 45.6 Å². The summed E-state index contributed by atoms with van der Waals surface area (Å²) in [4.78, 5) is 45.7. The fraction of sp³-hybridized carbons (Fsp3) is 0.625. The van der Waals surface area contributed by atoms with Crippen molar-refractivity contribution in [2.24, 2.45) is 0 Å². The lowest BCUT2D eigenvalue weighted by Gasteiger charge is -2.36. The van der Waals surface area contributed by atoms with Gasteiger partial charge in [0.2, 0.25) is 5.91 Å². The van der Waals surface area contributed by atoms with Gasteiger partial charge >= 0.3 is 6.03 Å². The molecule has 2 aliphatic heterocycles. The normalized spacial score (nSPS) is 21.1. The topological polar surface area (TPSA) is 82.6 Å². The lowest BCUT2D eigenvalue weighted by atomic mass is 9.81. The van der Waals surface area contributed by atoms with Crippen LogP contribution in [0.4, 0.5) is 4.79 Å². The third-order valence-corrected chi connectivity index (χ3v) is 7.38. The van der Waals surface area contributed by atoms with Gasteiger partial charge in [0, 0.05) is 45.3 Å². The Bertz CT molecular complexity index is 906. The number of hydrogen-bond donors (Lipinski definition) is 0. The molecule has 1 aromatic carbocycles. The standard InChI is InChI=1S/C24H34N4O5/c1-25-23(31)28(22(30)24(25)9-5-4-6-10-24)17-21(29)27-13-11-26(12-14-27)16-18-15-19(32-2)7-8-20(18)33-3/h7-8,15H,4-6,9-14,16-17H2,1-3H3. The lowest BCUT2D eigenvalue weighted by Crippen LogP contribution is -2.52. The van der Waals surface area contributed by atoms with Gasteiger partial charge in [0.05, 0.1) is 14.2 Å². The summed E-state index contributed by atoms with van der Waals surface area (Å²) in [6.45, 7) is 3.05. The average Bonchev–Trinajstić information content (AvgIpc) is 3.01. The van der Waals surface area contributed by atoms with Gasteiger partial charge < -0.3 is 19.3 Å². The summed E-state index contributed by atoms with van der Waals surface area (Å²) in [6, 6.07) is 5.39. The summed E-state index contributed by atoms with van der Waals surface area (Å²) in [6.07, 6.45) is 4.33. The Morgan fingerprint density at radius 2 is 1.70 bits per heavy atom. The predicted molar refractivity (Wildman–Crippen MR) is 122 cm³/mol. The van der Waals surface area contributed by atoms with Crippen LogP contribution in [0.3, 0.4) is 0 Å². The van der Waals surface area contributed by atoms with Gasteiger partial charge in [-0.3, -0.25) is 19.4 Å². The van der Waals surface area contributed by atoms with E-state index in [4.69, 9.17) is 9.47 Å². The highest BCUT2D eigenvalue weighted by Gasteiger charge is 2.56. The molecule has 2 heterocycles. The van der Waals surface area contributed by atoms with E-state index in [1.165, 1.54) is 4.90 Å². The van der Waals surface area contributed by atoms with Gasteiger partial charge in [0.25, 0.3) is 5.91 Å². The second-order valence-electron chi connectivity index (χ2n) is 9.16. The Morgan fingerprint density at radius 1 is 1.00 bits per heavy atom. The Morgan fingerprint density at radius 3 is 2.33 bits per heavy atom. The molecular weight excluding hydrogens is 424 g/mol. The fourth-order valence-corrected chi connectivity index (χ4v) is 5.31. The summed E-state index contributed by atoms with van der Waals surface area (Å²) in [5.41, 5.74) is 0.287. The predicted octanol–water partition coefficient (Wildman–Crippen LogP) is 1.94. The molecule has 1 spiro atoms. The molecule has 0 N–H and O–H groups in total. The second kappa shape index (κ2) is 9.59. The molecule has 3 fully saturated rings. The lowest BCUT2D eigenvalue weighted by molar-refractivity contribution is -0.141. The molecule has 9 nitrogen and oxygen atoms in total. The summed E-state index contributed by atoms with van der Waals surface area (Å²) in [5, 5.41) is 0. The third kappa shape index (κ3) is 4.38. The van der Waals surface area contributed by atoms with Crippen LogP contribution in [0.5, 0.6) is 11.5 Å². The number of likely N-dealkylation sites (N-methyl/N-ethyl adjacent to an activating group) is 1. The van der Waals surface area contributed by atoms with Crippen molar-refractivity contribution < 1.29 is 23.9 Å². The zero-order chi connectivity index (χ0) is 23.6. The van der Waals surface area contributed by atoms with Crippen LogP contribution in [-0.2, 0) is 16.1 Å². The fourth-order valence-electron chi connectivity index (χ4n) is 5.31. The smallest absolute Gasteiger partial charge is 0.327 e. The molecule has 1 aromatic rings. The van der Waals surface area contributed by atoms with E-state index in [-0.39, 0.29) is 24.4 Å². The molecule has 0 unspecified atom stereocenters. The zero-order valence-corrected chi connectivity index (χ0v) is 19.8. The molecule has 180 valence electrons. The first kappa shape index (κ1) is 23.4. The van der Waals surface area contributed by atoms with Gasteiger partial charge in [0.1, 0.15) is 23.6 Å². The van der Waals surface area contributed by atoms with Crippen molar-refractivity contribution in [2.75, 3.05) is 54.0 Å². The molecule has 33 heavy (non-hydrogen) atoms. The largest absolute Gasteiger partial charge is 0.497 e. The highest BCUT2D eigenvalue weighted by atomic mass is 16.5. The van der Waals surface area contributed by atoms with Crippen LogP contribution < -0.4 is 9.47 Å². The number of carbonyl (C=O) groups is 3. The number of imide groups is 1. The van der Waals surface area contributed by atoms with Crippen LogP contribution >= 0.6 is 0 Å². The third-order valence-electron chi connectivity index (χ3n) is 7.38. The second-order valence-corrected chi connectivity index (χ2v) is 9.16. The SMILES string of the molecule is COc1ccc(OC)c(CN2CCN(C(=O)CN3C(=O)N(C)C4(CCCCC4)C3=O)CC2)c1. The van der Waals surface area contributed by atoms with Crippen molar-refractivity contribution >= 4 is 17.8 Å². The molecule has 0 bridgehead atoms. The van der Waals surface area contributed by atoms with Gasteiger partial charge in [0.15, 0.2) is 0 Å². The molecule has 1 saturated carbocycles. The zero-order valence-electron chi connectivity index (χ0n) is 19.8. The van der Waals surface area contributed by atoms with E-state index >= 15 is 0 Å². The maximum absolute atomic E-state index is 13.2. The summed E-state index contributed by atoms with van der Waals surface area (Å²) < 4.78 is 10.8. The summed E-state index contributed by atoms with van der Waals surface area (Å²) >= 11 is 0. The van der Waals surface area contributed by atoms with Crippen LogP contribution in [0.25, 0.3) is 0 Å². The minimum absolute atomic E-state index is 0.170. The minimum atomic E-state index is -0.746. The molecule has 0 aromatic heterocycles. The van der Waals surface area contributed by atoms with Crippen LogP contribution in [0.2, 0.25) is 0 Å². The van der Waals surface area contributed by atoms with E-state index in [1.807, 2.05) is 18.2 Å². The molecule has 0 radical (unpaired) electrons. The van der Waals surface area contributed by atoms with Crippen molar-refractivity contribution in [1.82, 2.24) is 19.6 Å². The van der Waals surface area contributed by atoms with Crippen molar-refractivity contribution in [1.29, 1.82) is 0 Å². The number of amides is 4. The monoisotopic (exact) mass is 458 g/mol. The summed E-state index contributed by atoms with van der Waals surface area (Å²) in [7, 11) is 4.99. The van der Waals surface area contributed by atoms with Crippen molar-refractivity contribution in [3.05, 3.63) is 23.8 Å². The van der Waals surface area contributed by atoms with Crippen LogP contribution in [0.15, 0.2) is 18.2 Å². The van der Waals surface area contributed by atoms with Gasteiger partial charge in [-0.2, -0.15) is 0 Å². The first-order valence-electron chi connectivity index (χ1n) is 11.7. The Hall–Kier alpha value is -2.81. The van der Waals surface area contributed by atoms with Crippen molar-refractivity contribution in [3.63, 3.8) is 0 Å². The summed E-state index contributed by atoms with van der Waals surface area (Å²) in [5.74, 6) is 1.21. The number of methoxy groups -OCH3 is 2. The van der Waals surface area contributed by atoms with Gasteiger partial charge in [-0.25, -0.2) is 4.79 Å². The maximum atomic E-state index is 13.2. The molecule has 2 saturated heterocycles. The van der Waals surface area contributed by atoms with E-state index in [2.05, 4.69) is 4.90 Å². The minimum Gasteiger partial charge on any atom is -0.497 e. The molecule has 1 aliphatic carbocycles. The maximum Gasteiger partial charge on any atom is 0.327 e. The number of urea groups is 1. The number of hydrogen-bond acceptors (Lipinski definition) is 6. The number of benzene rings is 1. The van der Waals surface area contributed by atoms with Crippen molar-refractivity contribution in [3.8, 4) is 11.5 Å². The van der Waals surface area contributed by atoms with E-state index in [0.717, 1.165) is 36.3 Å². The highest BCUT2D eigenvalue weighted by Crippen LogP contribution is 2.39. The quantitative estimate of drug-likeness (QED) is 0.606. The number of piperazine rings is 1. The molecular formula is C24H34N4O5. The van der Waals surface area contributed by atoms with Crippen LogP contribution in [-0.4, -0.2) is 97.0 Å². The number of ether oxygens (including phenoxy) is 2. The van der Waals surface area contributed by atoms with Gasteiger partial charge in [-0.15, -0.1) is 0 Å². The Labute approximate surface area is 195 Å². The molecule has 0 atom stereocenters. The highest BCUT2D eigenvalue weighted by molar-refractivity contribution is 6.08. The number of nitrogens with zero attached hydrogens (tertiary/aromatic N) is 4. The van der Waals surface area contributed by atoms with E-state index in [9.17, 15) is 14.4 Å². The first-order valence-corrected chi connectivity index (χ1v) is 11.7. The number of rotatable bonds is 6. The molecule has 4 rings (SSSR count). The number of carbonyl (C=O) groups excluding carboxylic acids is 3. The Kier molecular flexibility index (Phi) is 6.78. The molecule has 3 aliphatic rings. The van der Waals surface area contributed by atoms with Crippen molar-refractivity contribution in [2.45, 2.75) is 44.2 Å². The van der Waals surface area contributed by atoms with Gasteiger partial charge in [-0.1, -0.05) is 19.3 Å². The van der Waals surface area contributed by atoms with Gasteiger partial charge in [-0.05, 0) is 31.0 Å².